The molecule has 7 nitrogen and oxygen atoms in total. The van der Waals surface area contributed by atoms with Gasteiger partial charge in [-0.25, -0.2) is 4.98 Å². The number of hydrogen-bond acceptors (Lipinski definition) is 7. The Morgan fingerprint density at radius 2 is 2.39 bits per heavy atom. The van der Waals surface area contributed by atoms with Gasteiger partial charge in [0, 0.05) is 18.0 Å². The molecule has 1 atom stereocenters. The molecule has 0 saturated carbocycles. The van der Waals surface area contributed by atoms with Gasteiger partial charge >= 0.3 is 0 Å². The molecule has 1 amide bonds. The summed E-state index contributed by atoms with van der Waals surface area (Å²) in [6, 6.07) is 0. The van der Waals surface area contributed by atoms with Crippen molar-refractivity contribution in [2.45, 2.75) is 33.2 Å². The largest absolute Gasteiger partial charge is 0.350 e. The Morgan fingerprint density at radius 3 is 3.09 bits per heavy atom. The van der Waals surface area contributed by atoms with Gasteiger partial charge < -0.3 is 9.84 Å². The summed E-state index contributed by atoms with van der Waals surface area (Å²) in [6.07, 6.45) is 3.60. The lowest BCUT2D eigenvalue weighted by Gasteiger charge is -2.31. The Balaban J connectivity index is 1.50. The number of likely N-dealkylation sites (tertiary alicyclic amines) is 1. The summed E-state index contributed by atoms with van der Waals surface area (Å²) in [5.74, 6) is 1.09. The first-order valence-corrected chi connectivity index (χ1v) is 8.63. The van der Waals surface area contributed by atoms with Gasteiger partial charge in [-0.05, 0) is 39.2 Å². The average molecular weight is 335 g/mol. The molecule has 0 aromatic carbocycles. The standard InChI is InChI=1S/C15H21N5O2S/c1-10-14(18-11(2)23-10)15(21)16-6-12-4-3-5-20(7-12)8-13-17-9-22-19-13/h9,12H,3-8H2,1-2H3,(H,16,21). The van der Waals surface area contributed by atoms with Crippen LogP contribution >= 0.6 is 11.3 Å². The molecule has 2 aromatic rings. The number of rotatable bonds is 5. The van der Waals surface area contributed by atoms with E-state index in [4.69, 9.17) is 4.52 Å². The first kappa shape index (κ1) is 16.1. The smallest absolute Gasteiger partial charge is 0.271 e. The summed E-state index contributed by atoms with van der Waals surface area (Å²) >= 11 is 1.56. The van der Waals surface area contributed by atoms with Gasteiger partial charge in [0.15, 0.2) is 5.82 Å². The minimum absolute atomic E-state index is 0.0675. The van der Waals surface area contributed by atoms with Gasteiger partial charge in [-0.3, -0.25) is 9.69 Å². The second kappa shape index (κ2) is 7.18. The lowest BCUT2D eigenvalue weighted by molar-refractivity contribution is 0.0924. The first-order valence-electron chi connectivity index (χ1n) is 7.81. The van der Waals surface area contributed by atoms with Gasteiger partial charge in [-0.2, -0.15) is 4.98 Å². The maximum atomic E-state index is 12.2. The van der Waals surface area contributed by atoms with E-state index in [2.05, 4.69) is 25.3 Å². The van der Waals surface area contributed by atoms with E-state index in [9.17, 15) is 4.79 Å². The highest BCUT2D eigenvalue weighted by atomic mass is 32.1. The molecule has 1 fully saturated rings. The lowest BCUT2D eigenvalue weighted by Crippen LogP contribution is -2.40. The third kappa shape index (κ3) is 4.14. The van der Waals surface area contributed by atoms with Crippen molar-refractivity contribution in [3.05, 3.63) is 27.8 Å². The number of piperidine rings is 1. The molecule has 124 valence electrons. The first-order chi connectivity index (χ1) is 11.1. The van der Waals surface area contributed by atoms with E-state index < -0.39 is 0 Å². The van der Waals surface area contributed by atoms with Gasteiger partial charge in [-0.1, -0.05) is 5.16 Å². The Labute approximate surface area is 139 Å². The number of thiazole rings is 1. The monoisotopic (exact) mass is 335 g/mol. The van der Waals surface area contributed by atoms with Crippen molar-refractivity contribution in [3.8, 4) is 0 Å². The van der Waals surface area contributed by atoms with E-state index >= 15 is 0 Å². The minimum atomic E-state index is -0.0675. The second-order valence-electron chi connectivity index (χ2n) is 5.94. The van der Waals surface area contributed by atoms with Crippen LogP contribution in [0.15, 0.2) is 10.9 Å². The van der Waals surface area contributed by atoms with Crippen LogP contribution in [0.25, 0.3) is 0 Å². The molecule has 1 N–H and O–H groups in total. The molecule has 8 heteroatoms. The van der Waals surface area contributed by atoms with Crippen LogP contribution in [0, 0.1) is 19.8 Å². The van der Waals surface area contributed by atoms with Crippen LogP contribution in [0.1, 0.15) is 39.0 Å². The van der Waals surface area contributed by atoms with Crippen molar-refractivity contribution < 1.29 is 9.32 Å². The van der Waals surface area contributed by atoms with Crippen LogP contribution in [0.3, 0.4) is 0 Å². The molecule has 1 unspecified atom stereocenters. The van der Waals surface area contributed by atoms with Gasteiger partial charge in [0.1, 0.15) is 5.69 Å². The van der Waals surface area contributed by atoms with E-state index in [1.165, 1.54) is 6.39 Å². The maximum absolute atomic E-state index is 12.2. The van der Waals surface area contributed by atoms with Crippen molar-refractivity contribution in [3.63, 3.8) is 0 Å². The van der Waals surface area contributed by atoms with Crippen LogP contribution in [-0.2, 0) is 6.54 Å². The quantitative estimate of drug-likeness (QED) is 0.897. The van der Waals surface area contributed by atoms with Gasteiger partial charge in [0.25, 0.3) is 5.91 Å². The van der Waals surface area contributed by atoms with Gasteiger partial charge in [0.05, 0.1) is 11.6 Å². The van der Waals surface area contributed by atoms with Crippen molar-refractivity contribution >= 4 is 17.2 Å². The average Bonchev–Trinajstić information content (AvgIpc) is 3.14. The summed E-state index contributed by atoms with van der Waals surface area (Å²) in [7, 11) is 0. The molecule has 0 spiro atoms. The van der Waals surface area contributed by atoms with Gasteiger partial charge in [0.2, 0.25) is 6.39 Å². The fraction of sp³-hybridized carbons (Fsp3) is 0.600. The van der Waals surface area contributed by atoms with E-state index in [-0.39, 0.29) is 5.91 Å². The lowest BCUT2D eigenvalue weighted by atomic mass is 9.98. The molecular weight excluding hydrogens is 314 g/mol. The molecule has 1 aliphatic rings. The van der Waals surface area contributed by atoms with Crippen molar-refractivity contribution in [2.75, 3.05) is 19.6 Å². The van der Waals surface area contributed by atoms with Crippen molar-refractivity contribution in [1.29, 1.82) is 0 Å². The topological polar surface area (TPSA) is 84.2 Å². The fourth-order valence-electron chi connectivity index (χ4n) is 2.98. The predicted molar refractivity (Wildman–Crippen MR) is 86.2 cm³/mol. The Hall–Kier alpha value is -1.80. The minimum Gasteiger partial charge on any atom is -0.350 e. The van der Waals surface area contributed by atoms with Crippen LogP contribution in [0.2, 0.25) is 0 Å². The highest BCUT2D eigenvalue weighted by Gasteiger charge is 2.22. The van der Waals surface area contributed by atoms with Crippen LogP contribution < -0.4 is 5.32 Å². The number of nitrogens with zero attached hydrogens (tertiary/aromatic N) is 4. The Kier molecular flexibility index (Phi) is 5.02. The number of aryl methyl sites for hydroxylation is 2. The van der Waals surface area contributed by atoms with Crippen molar-refractivity contribution in [1.82, 2.24) is 25.3 Å². The number of carbonyl (C=O) groups is 1. The molecule has 1 saturated heterocycles. The number of aromatic nitrogens is 3. The Bertz CT molecular complexity index is 655. The number of carbonyl (C=O) groups excluding carboxylic acids is 1. The predicted octanol–water partition coefficient (Wildman–Crippen LogP) is 1.78. The summed E-state index contributed by atoms with van der Waals surface area (Å²) in [6.45, 7) is 7.20. The zero-order valence-corrected chi connectivity index (χ0v) is 14.2. The molecule has 0 aliphatic carbocycles. The highest BCUT2D eigenvalue weighted by molar-refractivity contribution is 7.11. The summed E-state index contributed by atoms with van der Waals surface area (Å²) in [5, 5.41) is 7.82. The fourth-order valence-corrected chi connectivity index (χ4v) is 3.80. The second-order valence-corrected chi connectivity index (χ2v) is 7.35. The number of nitrogens with one attached hydrogen (secondary N) is 1. The third-order valence-electron chi connectivity index (χ3n) is 4.04. The zero-order valence-electron chi connectivity index (χ0n) is 13.4. The van der Waals surface area contributed by atoms with Crippen molar-refractivity contribution in [2.24, 2.45) is 5.92 Å². The Morgan fingerprint density at radius 1 is 1.52 bits per heavy atom. The SMILES string of the molecule is Cc1nc(C(=O)NCC2CCCN(Cc3ncon3)C2)c(C)s1. The normalized spacial score (nSPS) is 19.0. The van der Waals surface area contributed by atoms with E-state index in [1.54, 1.807) is 11.3 Å². The summed E-state index contributed by atoms with van der Waals surface area (Å²) < 4.78 is 4.77. The third-order valence-corrected chi connectivity index (χ3v) is 4.93. The highest BCUT2D eigenvalue weighted by Crippen LogP contribution is 2.19. The maximum Gasteiger partial charge on any atom is 0.271 e. The zero-order chi connectivity index (χ0) is 16.2. The molecule has 3 heterocycles. The molecular formula is C15H21N5O2S. The number of hydrogen-bond donors (Lipinski definition) is 1. The van der Waals surface area contributed by atoms with E-state index in [0.29, 0.717) is 30.5 Å². The van der Waals surface area contributed by atoms with E-state index in [1.807, 2.05) is 13.8 Å². The van der Waals surface area contributed by atoms with Crippen LogP contribution in [0.4, 0.5) is 0 Å². The molecule has 2 aromatic heterocycles. The van der Waals surface area contributed by atoms with Crippen LogP contribution in [-0.4, -0.2) is 45.6 Å². The molecule has 1 aliphatic heterocycles. The summed E-state index contributed by atoms with van der Waals surface area (Å²) in [4.78, 5) is 23.9. The molecule has 0 radical (unpaired) electrons. The molecule has 0 bridgehead atoms. The molecule has 23 heavy (non-hydrogen) atoms. The molecule has 3 rings (SSSR count). The summed E-state index contributed by atoms with van der Waals surface area (Å²) in [5.41, 5.74) is 0.562. The van der Waals surface area contributed by atoms with Crippen LogP contribution in [0.5, 0.6) is 0 Å². The van der Waals surface area contributed by atoms with Gasteiger partial charge in [-0.15, -0.1) is 11.3 Å². The van der Waals surface area contributed by atoms with E-state index in [0.717, 1.165) is 35.8 Å². The number of amides is 1.